The van der Waals surface area contributed by atoms with Crippen molar-refractivity contribution >= 4 is 21.7 Å². The van der Waals surface area contributed by atoms with E-state index in [0.717, 1.165) is 50.4 Å². The lowest BCUT2D eigenvalue weighted by Crippen LogP contribution is -2.50. The van der Waals surface area contributed by atoms with Crippen LogP contribution < -0.4 is 10.6 Å². The third-order valence-electron chi connectivity index (χ3n) is 4.86. The highest BCUT2D eigenvalue weighted by atomic mass is 32.2. The van der Waals surface area contributed by atoms with Crippen LogP contribution in [0.4, 0.5) is 0 Å². The van der Waals surface area contributed by atoms with E-state index in [1.165, 1.54) is 6.26 Å². The van der Waals surface area contributed by atoms with E-state index >= 15 is 0 Å². The molecule has 0 aromatic heterocycles. The maximum Gasteiger partial charge on any atom is 0.219 e. The fraction of sp³-hybridized carbons (Fsp3) is 0.579. The van der Waals surface area contributed by atoms with E-state index in [0.29, 0.717) is 17.4 Å². The van der Waals surface area contributed by atoms with Crippen molar-refractivity contribution in [1.82, 2.24) is 20.4 Å². The number of guanidine groups is 1. The molecule has 2 rings (SSSR count). The smallest absolute Gasteiger partial charge is 0.219 e. The van der Waals surface area contributed by atoms with E-state index in [1.54, 1.807) is 27.0 Å². The maximum atomic E-state index is 11.7. The molecule has 1 saturated heterocycles. The summed E-state index contributed by atoms with van der Waals surface area (Å²) in [6.07, 6.45) is 1.22. The van der Waals surface area contributed by atoms with Crippen molar-refractivity contribution in [3.63, 3.8) is 0 Å². The molecule has 1 heterocycles. The van der Waals surface area contributed by atoms with Crippen molar-refractivity contribution in [2.45, 2.75) is 25.3 Å². The second kappa shape index (κ2) is 9.88. The number of piperazine rings is 1. The summed E-state index contributed by atoms with van der Waals surface area (Å²) in [6, 6.07) is 5.35. The second-order valence-corrected chi connectivity index (χ2v) is 9.06. The monoisotopic (exact) mass is 409 g/mol. The Morgan fingerprint density at radius 2 is 1.86 bits per heavy atom. The van der Waals surface area contributed by atoms with Gasteiger partial charge in [-0.05, 0) is 24.1 Å². The number of benzene rings is 1. The Bertz CT molecular complexity index is 815. The predicted octanol–water partition coefficient (Wildman–Crippen LogP) is 0.228. The number of carbonyl (C=O) groups excluding carboxylic acids is 1. The number of sulfone groups is 1. The highest BCUT2D eigenvalue weighted by Crippen LogP contribution is 2.16. The molecule has 1 aromatic carbocycles. The van der Waals surface area contributed by atoms with Crippen molar-refractivity contribution in [1.29, 1.82) is 0 Å². The van der Waals surface area contributed by atoms with Gasteiger partial charge in [0.15, 0.2) is 15.8 Å². The first-order valence-electron chi connectivity index (χ1n) is 9.42. The zero-order chi connectivity index (χ0) is 20.7. The van der Waals surface area contributed by atoms with Gasteiger partial charge < -0.3 is 15.5 Å². The molecule has 1 aliphatic heterocycles. The van der Waals surface area contributed by atoms with Gasteiger partial charge in [-0.15, -0.1) is 0 Å². The van der Waals surface area contributed by atoms with E-state index in [4.69, 9.17) is 0 Å². The number of carbonyl (C=O) groups is 1. The van der Waals surface area contributed by atoms with Gasteiger partial charge in [0.05, 0.1) is 4.90 Å². The fourth-order valence-corrected chi connectivity index (χ4v) is 4.22. The van der Waals surface area contributed by atoms with Gasteiger partial charge in [-0.25, -0.2) is 8.42 Å². The number of hydrogen-bond acceptors (Lipinski definition) is 5. The summed E-state index contributed by atoms with van der Waals surface area (Å²) in [5.74, 6) is 0.842. The van der Waals surface area contributed by atoms with Crippen molar-refractivity contribution in [2.75, 3.05) is 52.6 Å². The Kier molecular flexibility index (Phi) is 7.82. The minimum absolute atomic E-state index is 0.141. The Morgan fingerprint density at radius 1 is 1.18 bits per heavy atom. The lowest BCUT2D eigenvalue weighted by Gasteiger charge is -2.34. The van der Waals surface area contributed by atoms with E-state index < -0.39 is 9.84 Å². The molecule has 1 amide bonds. The molecule has 1 aromatic rings. The first-order chi connectivity index (χ1) is 13.2. The Balaban J connectivity index is 1.76. The number of nitrogens with one attached hydrogen (secondary N) is 2. The molecule has 28 heavy (non-hydrogen) atoms. The Hall–Kier alpha value is -2.13. The van der Waals surface area contributed by atoms with Crippen LogP contribution in [0.3, 0.4) is 0 Å². The fourth-order valence-electron chi connectivity index (χ4n) is 3.26. The quantitative estimate of drug-likeness (QED) is 0.516. The van der Waals surface area contributed by atoms with Crippen LogP contribution >= 0.6 is 0 Å². The van der Waals surface area contributed by atoms with Crippen LogP contribution in [0.5, 0.6) is 0 Å². The van der Waals surface area contributed by atoms with Crippen LogP contribution in [0.2, 0.25) is 0 Å². The van der Waals surface area contributed by atoms with Crippen molar-refractivity contribution in [3.8, 4) is 0 Å². The molecular formula is C19H31N5O3S. The molecule has 0 unspecified atom stereocenters. The molecule has 8 nitrogen and oxygen atoms in total. The molecule has 0 saturated carbocycles. The molecule has 0 bridgehead atoms. The normalized spacial score (nSPS) is 16.1. The number of amides is 1. The summed E-state index contributed by atoms with van der Waals surface area (Å²) < 4.78 is 23.4. The lowest BCUT2D eigenvalue weighted by atomic mass is 10.1. The SMILES string of the molecule is CN=C(NCCN1CCN(C(C)=O)CC1)NCc1ccc(S(C)(=O)=O)c(C)c1. The van der Waals surface area contributed by atoms with Gasteiger partial charge >= 0.3 is 0 Å². The van der Waals surface area contributed by atoms with Gasteiger partial charge in [0.25, 0.3) is 0 Å². The first kappa shape index (κ1) is 22.2. The minimum atomic E-state index is -3.20. The summed E-state index contributed by atoms with van der Waals surface area (Å²) in [6.45, 7) is 8.96. The molecular weight excluding hydrogens is 378 g/mol. The van der Waals surface area contributed by atoms with Crippen LogP contribution in [0.25, 0.3) is 0 Å². The van der Waals surface area contributed by atoms with Crippen LogP contribution in [0.15, 0.2) is 28.1 Å². The molecule has 0 spiro atoms. The maximum absolute atomic E-state index is 11.7. The average Bonchev–Trinajstić information content (AvgIpc) is 2.63. The van der Waals surface area contributed by atoms with E-state index in [1.807, 2.05) is 17.0 Å². The lowest BCUT2D eigenvalue weighted by molar-refractivity contribution is -0.130. The molecule has 1 aliphatic rings. The summed E-state index contributed by atoms with van der Waals surface area (Å²) in [5.41, 5.74) is 1.74. The Morgan fingerprint density at radius 3 is 2.39 bits per heavy atom. The largest absolute Gasteiger partial charge is 0.355 e. The summed E-state index contributed by atoms with van der Waals surface area (Å²) in [5, 5.41) is 6.54. The number of nitrogens with zero attached hydrogens (tertiary/aromatic N) is 3. The molecule has 0 radical (unpaired) electrons. The van der Waals surface area contributed by atoms with Crippen molar-refractivity contribution in [2.24, 2.45) is 4.99 Å². The van der Waals surface area contributed by atoms with Gasteiger partial charge in [-0.3, -0.25) is 14.7 Å². The highest BCUT2D eigenvalue weighted by molar-refractivity contribution is 7.90. The number of aliphatic imine (C=N–C) groups is 1. The van der Waals surface area contributed by atoms with Crippen molar-refractivity contribution < 1.29 is 13.2 Å². The van der Waals surface area contributed by atoms with Gasteiger partial charge in [0.2, 0.25) is 5.91 Å². The zero-order valence-corrected chi connectivity index (χ0v) is 18.0. The topological polar surface area (TPSA) is 94.1 Å². The minimum Gasteiger partial charge on any atom is -0.355 e. The predicted molar refractivity (Wildman–Crippen MR) is 111 cm³/mol. The van der Waals surface area contributed by atoms with Crippen molar-refractivity contribution in [3.05, 3.63) is 29.3 Å². The van der Waals surface area contributed by atoms with E-state index in [2.05, 4.69) is 20.5 Å². The van der Waals surface area contributed by atoms with Gasteiger partial charge in [0, 0.05) is 66.0 Å². The van der Waals surface area contributed by atoms with Gasteiger partial charge in [-0.1, -0.05) is 12.1 Å². The third-order valence-corrected chi connectivity index (χ3v) is 6.12. The molecule has 0 atom stereocenters. The Labute approximate surface area is 167 Å². The van der Waals surface area contributed by atoms with E-state index in [9.17, 15) is 13.2 Å². The van der Waals surface area contributed by atoms with Crippen LogP contribution in [-0.2, 0) is 21.2 Å². The van der Waals surface area contributed by atoms with Gasteiger partial charge in [0.1, 0.15) is 0 Å². The molecule has 2 N–H and O–H groups in total. The summed E-state index contributed by atoms with van der Waals surface area (Å²) in [4.78, 5) is 20.2. The molecule has 9 heteroatoms. The van der Waals surface area contributed by atoms with Gasteiger partial charge in [-0.2, -0.15) is 0 Å². The van der Waals surface area contributed by atoms with Crippen LogP contribution in [0, 0.1) is 6.92 Å². The van der Waals surface area contributed by atoms with Crippen LogP contribution in [0.1, 0.15) is 18.1 Å². The first-order valence-corrected chi connectivity index (χ1v) is 11.3. The second-order valence-electron chi connectivity index (χ2n) is 7.07. The van der Waals surface area contributed by atoms with Crippen LogP contribution in [-0.4, -0.2) is 82.7 Å². The number of rotatable bonds is 6. The zero-order valence-electron chi connectivity index (χ0n) is 17.2. The molecule has 156 valence electrons. The molecule has 0 aliphatic carbocycles. The third kappa shape index (κ3) is 6.49. The number of aryl methyl sites for hydroxylation is 1. The average molecular weight is 410 g/mol. The van der Waals surface area contributed by atoms with E-state index in [-0.39, 0.29) is 5.91 Å². The standard InChI is InChI=1S/C19H31N5O3S/c1-15-13-17(5-6-18(15)28(4,26)27)14-22-19(20-3)21-7-8-23-9-11-24(12-10-23)16(2)25/h5-6,13H,7-12,14H2,1-4H3,(H2,20,21,22). The molecule has 1 fully saturated rings. The summed E-state index contributed by atoms with van der Waals surface area (Å²) in [7, 11) is -1.48. The highest BCUT2D eigenvalue weighted by Gasteiger charge is 2.18. The number of hydrogen-bond donors (Lipinski definition) is 2. The summed E-state index contributed by atoms with van der Waals surface area (Å²) >= 11 is 0.